The summed E-state index contributed by atoms with van der Waals surface area (Å²) < 4.78 is 1.63. The van der Waals surface area contributed by atoms with E-state index in [9.17, 15) is 10.1 Å². The lowest BCUT2D eigenvalue weighted by molar-refractivity contribution is -0.383. The van der Waals surface area contributed by atoms with E-state index >= 15 is 0 Å². The van der Waals surface area contributed by atoms with E-state index in [4.69, 9.17) is 11.0 Å². The number of nitrogens with zero attached hydrogens (tertiary/aromatic N) is 7. The first kappa shape index (κ1) is 15.8. The Morgan fingerprint density at radius 2 is 2.39 bits per heavy atom. The van der Waals surface area contributed by atoms with Crippen molar-refractivity contribution in [1.82, 2.24) is 19.7 Å². The van der Waals surface area contributed by atoms with Gasteiger partial charge in [0, 0.05) is 11.8 Å². The van der Waals surface area contributed by atoms with E-state index in [1.807, 2.05) is 6.07 Å². The molecule has 0 aromatic carbocycles. The Balaban J connectivity index is 2.14. The third-order valence-electron chi connectivity index (χ3n) is 2.84. The maximum atomic E-state index is 10.9. The largest absolute Gasteiger partial charge is 0.378 e. The van der Waals surface area contributed by atoms with Crippen molar-refractivity contribution in [2.24, 2.45) is 5.10 Å². The Hall–Kier alpha value is -3.55. The Bertz CT molecular complexity index is 790. The molecule has 0 aliphatic heterocycles. The van der Waals surface area contributed by atoms with E-state index in [-0.39, 0.29) is 11.6 Å². The highest BCUT2D eigenvalue weighted by atomic mass is 16.6. The molecule has 0 saturated heterocycles. The van der Waals surface area contributed by atoms with Crippen molar-refractivity contribution < 1.29 is 4.92 Å². The molecule has 0 bridgehead atoms. The number of nitriles is 1. The number of nitrogens with one attached hydrogen (secondary N) is 1. The molecular formula is C12H13N9O2. The zero-order valence-electron chi connectivity index (χ0n) is 12.2. The van der Waals surface area contributed by atoms with Crippen molar-refractivity contribution in [2.75, 3.05) is 11.2 Å². The molecule has 0 unspecified atom stereocenters. The number of aryl methyl sites for hydroxylation is 2. The molecule has 0 amide bonds. The number of nitro groups is 1. The highest BCUT2D eigenvalue weighted by Crippen LogP contribution is 2.25. The van der Waals surface area contributed by atoms with Crippen LogP contribution in [0.2, 0.25) is 0 Å². The third kappa shape index (κ3) is 3.76. The summed E-state index contributed by atoms with van der Waals surface area (Å²) in [5.74, 6) is -0.350. The lowest BCUT2D eigenvalue weighted by Gasteiger charge is -2.01. The number of anilines is 2. The predicted octanol–water partition coefficient (Wildman–Crippen LogP) is 0.832. The van der Waals surface area contributed by atoms with E-state index in [1.54, 1.807) is 17.8 Å². The first-order valence-electron chi connectivity index (χ1n) is 6.48. The summed E-state index contributed by atoms with van der Waals surface area (Å²) in [5.41, 5.74) is 8.91. The summed E-state index contributed by atoms with van der Waals surface area (Å²) >= 11 is 0. The Kier molecular flexibility index (Phi) is 4.78. The Labute approximate surface area is 130 Å². The number of hydrogen-bond acceptors (Lipinski definition) is 9. The predicted molar refractivity (Wildman–Crippen MR) is 81.5 cm³/mol. The minimum Gasteiger partial charge on any atom is -0.378 e. The Morgan fingerprint density at radius 1 is 1.61 bits per heavy atom. The van der Waals surface area contributed by atoms with Crippen LogP contribution >= 0.6 is 0 Å². The Morgan fingerprint density at radius 3 is 3.09 bits per heavy atom. The summed E-state index contributed by atoms with van der Waals surface area (Å²) in [6, 6.07) is 2.03. The van der Waals surface area contributed by atoms with Gasteiger partial charge < -0.3 is 5.73 Å². The second-order valence-corrected chi connectivity index (χ2v) is 4.42. The topological polar surface area (TPSA) is 161 Å². The summed E-state index contributed by atoms with van der Waals surface area (Å²) in [4.78, 5) is 17.6. The lowest BCUT2D eigenvalue weighted by atomic mass is 10.3. The number of aromatic nitrogens is 4. The molecule has 2 aromatic rings. The maximum absolute atomic E-state index is 10.9. The number of hydrazone groups is 1. The molecule has 0 aliphatic carbocycles. The summed E-state index contributed by atoms with van der Waals surface area (Å²) in [6.45, 7) is 2.27. The van der Waals surface area contributed by atoms with Crippen molar-refractivity contribution in [3.8, 4) is 6.07 Å². The smallest absolute Gasteiger partial charge is 0.354 e. The molecule has 2 aromatic heterocycles. The van der Waals surface area contributed by atoms with Crippen LogP contribution in [0.25, 0.3) is 0 Å². The van der Waals surface area contributed by atoms with Crippen molar-refractivity contribution in [1.29, 1.82) is 5.26 Å². The molecule has 0 spiro atoms. The fourth-order valence-corrected chi connectivity index (χ4v) is 1.76. The van der Waals surface area contributed by atoms with Crippen LogP contribution in [0.15, 0.2) is 17.6 Å². The normalized spacial score (nSPS) is 10.6. The molecule has 0 radical (unpaired) electrons. The molecule has 2 heterocycles. The summed E-state index contributed by atoms with van der Waals surface area (Å²) in [7, 11) is 0. The van der Waals surface area contributed by atoms with Gasteiger partial charge in [-0.1, -0.05) is 0 Å². The van der Waals surface area contributed by atoms with Gasteiger partial charge in [-0.25, -0.2) is 9.97 Å². The fraction of sp³-hybridized carbons (Fsp3) is 0.250. The SMILES string of the molecule is Cc1nn(CCC#N)cc1/C=N\Nc1ncnc(N)c1[N+](=O)[O-]. The molecule has 0 atom stereocenters. The fourth-order valence-electron chi connectivity index (χ4n) is 1.76. The van der Waals surface area contributed by atoms with Crippen molar-refractivity contribution >= 4 is 23.5 Å². The highest BCUT2D eigenvalue weighted by Gasteiger charge is 2.20. The van der Waals surface area contributed by atoms with Gasteiger partial charge in [0.2, 0.25) is 11.6 Å². The van der Waals surface area contributed by atoms with E-state index in [2.05, 4.69) is 25.6 Å². The van der Waals surface area contributed by atoms with E-state index in [1.165, 1.54) is 6.21 Å². The summed E-state index contributed by atoms with van der Waals surface area (Å²) in [6.07, 6.45) is 4.63. The van der Waals surface area contributed by atoms with Crippen LogP contribution in [0, 0.1) is 28.4 Å². The van der Waals surface area contributed by atoms with Gasteiger partial charge in [0.25, 0.3) is 0 Å². The molecule has 0 saturated carbocycles. The van der Waals surface area contributed by atoms with Crippen LogP contribution in [-0.2, 0) is 6.54 Å². The molecule has 23 heavy (non-hydrogen) atoms. The molecule has 3 N–H and O–H groups in total. The van der Waals surface area contributed by atoms with Gasteiger partial charge in [0.05, 0.1) is 35.9 Å². The molecule has 11 nitrogen and oxygen atoms in total. The van der Waals surface area contributed by atoms with Gasteiger partial charge in [-0.15, -0.1) is 0 Å². The van der Waals surface area contributed by atoms with Gasteiger partial charge in [-0.2, -0.15) is 15.5 Å². The van der Waals surface area contributed by atoms with Crippen LogP contribution in [0.3, 0.4) is 0 Å². The van der Waals surface area contributed by atoms with Crippen molar-refractivity contribution in [3.63, 3.8) is 0 Å². The standard InChI is InChI=1S/C12H13N9O2/c1-8-9(6-20(19-8)4-2-3-13)5-17-18-12-10(21(22)23)11(14)15-7-16-12/h5-7H,2,4H2,1H3,(H3,14,15,16,18)/b17-5-. The quantitative estimate of drug-likeness (QED) is 0.450. The number of nitrogen functional groups attached to an aromatic ring is 1. The number of rotatable bonds is 6. The van der Waals surface area contributed by atoms with Gasteiger partial charge in [-0.05, 0) is 6.92 Å². The molecular weight excluding hydrogens is 302 g/mol. The molecule has 0 aliphatic rings. The maximum Gasteiger partial charge on any atom is 0.354 e. The summed E-state index contributed by atoms with van der Waals surface area (Å²) in [5, 5.41) is 27.6. The van der Waals surface area contributed by atoms with Crippen LogP contribution in [0.4, 0.5) is 17.3 Å². The molecule has 0 fully saturated rings. The van der Waals surface area contributed by atoms with Crippen molar-refractivity contribution in [2.45, 2.75) is 19.9 Å². The first-order valence-corrected chi connectivity index (χ1v) is 6.48. The minimum absolute atomic E-state index is 0.103. The zero-order valence-corrected chi connectivity index (χ0v) is 12.2. The average Bonchev–Trinajstić information content (AvgIpc) is 2.85. The second-order valence-electron chi connectivity index (χ2n) is 4.42. The lowest BCUT2D eigenvalue weighted by Crippen LogP contribution is -2.04. The number of hydrogen-bond donors (Lipinski definition) is 2. The van der Waals surface area contributed by atoms with Crippen LogP contribution in [0.5, 0.6) is 0 Å². The number of nitrogens with two attached hydrogens (primary N) is 1. The highest BCUT2D eigenvalue weighted by molar-refractivity contribution is 5.81. The van der Waals surface area contributed by atoms with E-state index in [0.29, 0.717) is 24.2 Å². The van der Waals surface area contributed by atoms with Crippen molar-refractivity contribution in [3.05, 3.63) is 33.9 Å². The first-order chi connectivity index (χ1) is 11.0. The van der Waals surface area contributed by atoms with Crippen LogP contribution in [-0.4, -0.2) is 30.9 Å². The van der Waals surface area contributed by atoms with E-state index in [0.717, 1.165) is 6.33 Å². The molecule has 118 valence electrons. The monoisotopic (exact) mass is 315 g/mol. The van der Waals surface area contributed by atoms with Crippen LogP contribution < -0.4 is 11.2 Å². The minimum atomic E-state index is -0.682. The molecule has 11 heteroatoms. The molecule has 2 rings (SSSR count). The van der Waals surface area contributed by atoms with E-state index < -0.39 is 10.6 Å². The second kappa shape index (κ2) is 6.94. The van der Waals surface area contributed by atoms with Gasteiger partial charge >= 0.3 is 5.69 Å². The zero-order chi connectivity index (χ0) is 16.8. The van der Waals surface area contributed by atoms with Crippen LogP contribution in [0.1, 0.15) is 17.7 Å². The average molecular weight is 315 g/mol. The van der Waals surface area contributed by atoms with Gasteiger partial charge in [0.1, 0.15) is 6.33 Å². The van der Waals surface area contributed by atoms with Gasteiger partial charge in [0.15, 0.2) is 0 Å². The van der Waals surface area contributed by atoms with Gasteiger partial charge in [-0.3, -0.25) is 20.2 Å². The third-order valence-corrected chi connectivity index (χ3v) is 2.84.